The first-order valence-electron chi connectivity index (χ1n) is 17.0. The summed E-state index contributed by atoms with van der Waals surface area (Å²) in [6, 6.07) is 44.4. The van der Waals surface area contributed by atoms with Crippen molar-refractivity contribution >= 4 is 60.3 Å². The second-order valence-corrected chi connectivity index (χ2v) is 13.4. The van der Waals surface area contributed by atoms with Crippen LogP contribution < -0.4 is 0 Å². The molecule has 9 aromatic rings. The third-order valence-corrected chi connectivity index (χ3v) is 10.8. The largest absolute Gasteiger partial charge is 0.456 e. The van der Waals surface area contributed by atoms with E-state index in [1.54, 1.807) is 0 Å². The summed E-state index contributed by atoms with van der Waals surface area (Å²) in [4.78, 5) is 0. The molecule has 0 amide bonds. The number of aryl methyl sites for hydroxylation is 3. The van der Waals surface area contributed by atoms with Gasteiger partial charge in [0.15, 0.2) is 0 Å². The van der Waals surface area contributed by atoms with Gasteiger partial charge in [-0.25, -0.2) is 0 Å². The van der Waals surface area contributed by atoms with E-state index in [0.717, 1.165) is 53.9 Å². The molecule has 2 heteroatoms. The lowest BCUT2D eigenvalue weighted by Crippen LogP contribution is -2.01. The fraction of sp³-hybridized carbons (Fsp3) is 0.0870. The van der Waals surface area contributed by atoms with Gasteiger partial charge >= 0.3 is 0 Å². The molecule has 2 nitrogen and oxygen atoms in total. The van der Waals surface area contributed by atoms with Crippen LogP contribution in [0.3, 0.4) is 0 Å². The number of hydrogen-bond donors (Lipinski definition) is 0. The molecule has 2 aliphatic carbocycles. The SMILES string of the molecule is C1=Cc2oc3c(-c4c5ccccc5c(-c5ccc6ccccc6c5)c5ccccc45)c4oc5c(c4cc3c2CC1)CCc1ccccc1-5. The quantitative estimate of drug-likeness (QED) is 0.181. The zero-order valence-corrected chi connectivity index (χ0v) is 26.3. The maximum absolute atomic E-state index is 7.13. The average molecular weight is 615 g/mol. The van der Waals surface area contributed by atoms with Gasteiger partial charge < -0.3 is 8.83 Å². The molecular weight excluding hydrogens is 585 g/mol. The number of benzene rings is 7. The Balaban J connectivity index is 1.32. The Morgan fingerprint density at radius 3 is 1.94 bits per heavy atom. The van der Waals surface area contributed by atoms with Crippen LogP contribution >= 0.6 is 0 Å². The molecule has 0 bridgehead atoms. The highest BCUT2D eigenvalue weighted by atomic mass is 16.3. The molecule has 0 aliphatic heterocycles. The van der Waals surface area contributed by atoms with E-state index < -0.39 is 0 Å². The molecule has 0 saturated carbocycles. The minimum atomic E-state index is 0.923. The summed E-state index contributed by atoms with van der Waals surface area (Å²) in [6.07, 6.45) is 8.38. The van der Waals surface area contributed by atoms with Crippen LogP contribution in [-0.2, 0) is 19.3 Å². The van der Waals surface area contributed by atoms with Crippen molar-refractivity contribution < 1.29 is 8.83 Å². The van der Waals surface area contributed by atoms with Crippen molar-refractivity contribution in [2.75, 3.05) is 0 Å². The van der Waals surface area contributed by atoms with E-state index in [-0.39, 0.29) is 0 Å². The maximum Gasteiger partial charge on any atom is 0.146 e. The van der Waals surface area contributed by atoms with Crippen molar-refractivity contribution in [3.63, 3.8) is 0 Å². The zero-order valence-electron chi connectivity index (χ0n) is 26.3. The average Bonchev–Trinajstić information content (AvgIpc) is 3.71. The van der Waals surface area contributed by atoms with Crippen LogP contribution in [0.5, 0.6) is 0 Å². The predicted molar refractivity (Wildman–Crippen MR) is 200 cm³/mol. The summed E-state index contributed by atoms with van der Waals surface area (Å²) in [5.41, 5.74) is 11.8. The zero-order chi connectivity index (χ0) is 31.3. The molecule has 7 aromatic carbocycles. The van der Waals surface area contributed by atoms with Gasteiger partial charge in [-0.2, -0.15) is 0 Å². The van der Waals surface area contributed by atoms with E-state index in [1.807, 2.05) is 0 Å². The Hall–Kier alpha value is -5.86. The van der Waals surface area contributed by atoms with Crippen molar-refractivity contribution in [1.29, 1.82) is 0 Å². The molecule has 2 aliphatic rings. The first-order chi connectivity index (χ1) is 23.8. The highest BCUT2D eigenvalue weighted by Gasteiger charge is 2.30. The van der Waals surface area contributed by atoms with Gasteiger partial charge in [-0.3, -0.25) is 0 Å². The lowest BCUT2D eigenvalue weighted by Gasteiger charge is -2.18. The van der Waals surface area contributed by atoms with E-state index in [2.05, 4.69) is 133 Å². The molecule has 2 aromatic heterocycles. The monoisotopic (exact) mass is 614 g/mol. The Kier molecular flexibility index (Phi) is 5.37. The predicted octanol–water partition coefficient (Wildman–Crippen LogP) is 12.7. The van der Waals surface area contributed by atoms with Gasteiger partial charge in [-0.15, -0.1) is 0 Å². The third kappa shape index (κ3) is 3.58. The minimum Gasteiger partial charge on any atom is -0.456 e. The molecule has 0 fully saturated rings. The number of fused-ring (bicyclic) bond motifs is 11. The summed E-state index contributed by atoms with van der Waals surface area (Å²) in [5.74, 6) is 1.99. The van der Waals surface area contributed by atoms with Gasteiger partial charge in [0.1, 0.15) is 22.7 Å². The van der Waals surface area contributed by atoms with Crippen LogP contribution in [0, 0.1) is 0 Å². The van der Waals surface area contributed by atoms with Crippen molar-refractivity contribution in [1.82, 2.24) is 0 Å². The second-order valence-electron chi connectivity index (χ2n) is 13.4. The Morgan fingerprint density at radius 2 is 1.12 bits per heavy atom. The lowest BCUT2D eigenvalue weighted by molar-refractivity contribution is 0.593. The summed E-state index contributed by atoms with van der Waals surface area (Å²) >= 11 is 0. The van der Waals surface area contributed by atoms with Gasteiger partial charge in [0.2, 0.25) is 0 Å². The van der Waals surface area contributed by atoms with Crippen molar-refractivity contribution in [2.24, 2.45) is 0 Å². The van der Waals surface area contributed by atoms with Crippen molar-refractivity contribution in [3.8, 4) is 33.6 Å². The molecular formula is C46H30O2. The smallest absolute Gasteiger partial charge is 0.146 e. The number of allylic oxidation sites excluding steroid dienone is 1. The van der Waals surface area contributed by atoms with Crippen molar-refractivity contribution in [3.05, 3.63) is 150 Å². The van der Waals surface area contributed by atoms with Gasteiger partial charge in [0, 0.05) is 33.0 Å². The van der Waals surface area contributed by atoms with Gasteiger partial charge in [0.25, 0.3) is 0 Å². The molecule has 0 spiro atoms. The normalized spacial score (nSPS) is 13.8. The first kappa shape index (κ1) is 26.2. The van der Waals surface area contributed by atoms with Crippen LogP contribution in [0.25, 0.3) is 93.9 Å². The summed E-state index contributed by atoms with van der Waals surface area (Å²) in [7, 11) is 0. The van der Waals surface area contributed by atoms with Gasteiger partial charge in [0.05, 0.1) is 5.56 Å². The number of rotatable bonds is 2. The highest BCUT2D eigenvalue weighted by molar-refractivity contribution is 6.27. The van der Waals surface area contributed by atoms with Gasteiger partial charge in [-0.05, 0) is 92.9 Å². The van der Waals surface area contributed by atoms with Crippen molar-refractivity contribution in [2.45, 2.75) is 25.7 Å². The molecule has 226 valence electrons. The van der Waals surface area contributed by atoms with Crippen LogP contribution in [0.15, 0.2) is 136 Å². The maximum atomic E-state index is 7.13. The molecule has 48 heavy (non-hydrogen) atoms. The van der Waals surface area contributed by atoms with Crippen LogP contribution in [-0.4, -0.2) is 0 Å². The van der Waals surface area contributed by atoms with Crippen LogP contribution in [0.4, 0.5) is 0 Å². The third-order valence-electron chi connectivity index (χ3n) is 10.8. The van der Waals surface area contributed by atoms with Crippen LogP contribution in [0.2, 0.25) is 0 Å². The topological polar surface area (TPSA) is 26.3 Å². The molecule has 0 unspecified atom stereocenters. The van der Waals surface area contributed by atoms with E-state index in [9.17, 15) is 0 Å². The molecule has 2 heterocycles. The molecule has 0 radical (unpaired) electrons. The highest BCUT2D eigenvalue weighted by Crippen LogP contribution is 2.52. The molecule has 0 atom stereocenters. The van der Waals surface area contributed by atoms with E-state index in [0.29, 0.717) is 0 Å². The molecule has 0 N–H and O–H groups in total. The summed E-state index contributed by atoms with van der Waals surface area (Å²) < 4.78 is 14.0. The summed E-state index contributed by atoms with van der Waals surface area (Å²) in [6.45, 7) is 0. The fourth-order valence-electron chi connectivity index (χ4n) is 8.67. The fourth-order valence-corrected chi connectivity index (χ4v) is 8.67. The second kappa shape index (κ2) is 9.82. The molecule has 11 rings (SSSR count). The number of furan rings is 2. The Morgan fingerprint density at radius 1 is 0.458 bits per heavy atom. The van der Waals surface area contributed by atoms with Crippen LogP contribution in [0.1, 0.15) is 28.9 Å². The molecule has 0 saturated heterocycles. The summed E-state index contributed by atoms with van der Waals surface area (Å²) in [5, 5.41) is 9.78. The lowest BCUT2D eigenvalue weighted by atomic mass is 9.84. The van der Waals surface area contributed by atoms with Gasteiger partial charge in [-0.1, -0.05) is 115 Å². The van der Waals surface area contributed by atoms with E-state index >= 15 is 0 Å². The minimum absolute atomic E-state index is 0.923. The first-order valence-corrected chi connectivity index (χ1v) is 17.0. The Labute approximate surface area is 277 Å². The van der Waals surface area contributed by atoms with E-state index in [1.165, 1.54) is 82.0 Å². The van der Waals surface area contributed by atoms with E-state index in [4.69, 9.17) is 8.83 Å². The number of hydrogen-bond acceptors (Lipinski definition) is 2. The Bertz CT molecular complexity index is 2780. The standard InChI is InChI=1S/C46H30O2/c1-2-13-29-25-30(22-21-27(29)11-1)41-33-16-5-7-18-35(33)42(36-19-8-6-17-34(36)41)43-45-38(32-15-9-10-20-40(32)47-45)26-39-37-24-23-28-12-3-4-14-31(28)44(37)48-46(39)43/h1-8,10-14,16-22,25-26H,9,15,23-24H2.